The van der Waals surface area contributed by atoms with Gasteiger partial charge < -0.3 is 18.6 Å². The molecule has 0 unspecified atom stereocenters. The van der Waals surface area contributed by atoms with Crippen LogP contribution in [0.1, 0.15) is 13.3 Å². The van der Waals surface area contributed by atoms with Crippen LogP contribution in [-0.2, 0) is 14.9 Å². The summed E-state index contributed by atoms with van der Waals surface area (Å²) in [6, 6.07) is 0. The zero-order valence-electron chi connectivity index (χ0n) is 12.0. The summed E-state index contributed by atoms with van der Waals surface area (Å²) in [4.78, 5) is 9.73. The third kappa shape index (κ3) is 8.08. The van der Waals surface area contributed by atoms with Crippen molar-refractivity contribution in [2.75, 3.05) is 38.5 Å². The number of quaternary nitrogens is 1. The van der Waals surface area contributed by atoms with E-state index in [0.29, 0.717) is 30.7 Å². The molecule has 0 saturated carbocycles. The van der Waals surface area contributed by atoms with Crippen LogP contribution in [0.25, 0.3) is 0 Å². The Hall–Kier alpha value is -1.18. The lowest BCUT2D eigenvalue weighted by Gasteiger charge is -2.34. The van der Waals surface area contributed by atoms with Gasteiger partial charge in [-0.2, -0.15) is 0 Å². The predicted molar refractivity (Wildman–Crippen MR) is 77.9 cm³/mol. The molecule has 0 heterocycles. The Morgan fingerprint density at radius 2 is 1.90 bits per heavy atom. The fourth-order valence-corrected chi connectivity index (χ4v) is 2.57. The van der Waals surface area contributed by atoms with E-state index in [-0.39, 0.29) is 18.9 Å². The highest BCUT2D eigenvalue weighted by atomic mass is 32.2. The molecule has 7 heteroatoms. The number of nitrogens with zero attached hydrogens (tertiary/aromatic N) is 1. The standard InChI is InChI=1S/C13H23NO5S/c1-4-8-14(9-5-2,12-13(15)19-6-3)10-7-11-20(16,17)18/h4-5H,1-2,6-12H2,3H3/p+1. The van der Waals surface area contributed by atoms with Gasteiger partial charge in [0, 0.05) is 12.2 Å². The van der Waals surface area contributed by atoms with Crippen LogP contribution in [0.2, 0.25) is 0 Å². The molecule has 0 aromatic heterocycles. The summed E-state index contributed by atoms with van der Waals surface area (Å²) in [6.45, 7) is 11.1. The molecule has 0 aliphatic carbocycles. The van der Waals surface area contributed by atoms with Crippen LogP contribution in [0, 0.1) is 0 Å². The van der Waals surface area contributed by atoms with Crippen molar-refractivity contribution >= 4 is 16.1 Å². The molecule has 0 spiro atoms. The summed E-state index contributed by atoms with van der Waals surface area (Å²) >= 11 is 0. The first kappa shape index (κ1) is 18.8. The minimum Gasteiger partial charge on any atom is -0.748 e. The predicted octanol–water partition coefficient (Wildman–Crippen LogP) is 0.649. The molecular weight excluding hydrogens is 282 g/mol. The van der Waals surface area contributed by atoms with Gasteiger partial charge in [-0.15, -0.1) is 0 Å². The number of carbonyl (C=O) groups excluding carboxylic acids is 1. The van der Waals surface area contributed by atoms with E-state index in [0.717, 1.165) is 0 Å². The lowest BCUT2D eigenvalue weighted by molar-refractivity contribution is -0.909. The molecule has 0 aliphatic rings. The minimum absolute atomic E-state index is 0.110. The zero-order valence-corrected chi connectivity index (χ0v) is 12.8. The van der Waals surface area contributed by atoms with Crippen molar-refractivity contribution in [3.8, 4) is 0 Å². The number of ether oxygens (including phenoxy) is 1. The molecule has 1 N–H and O–H groups in total. The van der Waals surface area contributed by atoms with Crippen LogP contribution in [0.4, 0.5) is 0 Å². The molecule has 0 aliphatic heterocycles. The average Bonchev–Trinajstić information content (AvgIpc) is 2.27. The maximum absolute atomic E-state index is 10.7. The van der Waals surface area contributed by atoms with Crippen molar-refractivity contribution < 1.29 is 27.0 Å². The Labute approximate surface area is 121 Å². The Morgan fingerprint density at radius 3 is 2.30 bits per heavy atom. The van der Waals surface area contributed by atoms with Gasteiger partial charge in [0.15, 0.2) is 6.61 Å². The number of hydrogen-bond acceptors (Lipinski definition) is 4. The van der Waals surface area contributed by atoms with Crippen molar-refractivity contribution in [1.82, 2.24) is 0 Å². The van der Waals surface area contributed by atoms with Crippen LogP contribution in [0.3, 0.4) is 0 Å². The summed E-state index contributed by atoms with van der Waals surface area (Å²) < 4.78 is 37.4. The van der Waals surface area contributed by atoms with Crippen LogP contribution in [0.15, 0.2) is 25.3 Å². The van der Waals surface area contributed by atoms with E-state index in [1.807, 2.05) is 0 Å². The average molecular weight is 306 g/mol. The molecule has 6 nitrogen and oxygen atoms in total. The maximum atomic E-state index is 10.7. The van der Waals surface area contributed by atoms with Gasteiger partial charge in [-0.3, -0.25) is 0 Å². The second-order valence-corrected chi connectivity index (χ2v) is 6.13. The topological polar surface area (TPSA) is 87.8 Å². The fourth-order valence-electron chi connectivity index (χ4n) is 2.09. The van der Waals surface area contributed by atoms with Gasteiger partial charge >= 0.3 is 5.97 Å². The molecule has 0 rings (SSSR count). The van der Waals surface area contributed by atoms with Crippen molar-refractivity contribution in [3.63, 3.8) is 0 Å². The van der Waals surface area contributed by atoms with Crippen molar-refractivity contribution in [2.45, 2.75) is 13.3 Å². The first-order valence-electron chi connectivity index (χ1n) is 6.46. The molecule has 0 amide bonds. The highest BCUT2D eigenvalue weighted by Crippen LogP contribution is 2.11. The summed E-state index contributed by atoms with van der Waals surface area (Å²) in [5, 5.41) is 0. The highest BCUT2D eigenvalue weighted by molar-refractivity contribution is 7.85. The van der Waals surface area contributed by atoms with Gasteiger partial charge in [0.1, 0.15) is 0 Å². The molecule has 0 atom stereocenters. The molecule has 0 aromatic rings. The smallest absolute Gasteiger partial charge is 0.540 e. The second-order valence-electron chi connectivity index (χ2n) is 4.61. The summed E-state index contributed by atoms with van der Waals surface area (Å²) in [5.41, 5.74) is 0. The molecule has 0 saturated heterocycles. The largest absolute Gasteiger partial charge is 0.748 e. The van der Waals surface area contributed by atoms with E-state index in [1.54, 1.807) is 19.1 Å². The van der Waals surface area contributed by atoms with Crippen molar-refractivity contribution in [2.24, 2.45) is 0 Å². The number of rotatable bonds is 11. The monoisotopic (exact) mass is 306 g/mol. The summed E-state index contributed by atoms with van der Waals surface area (Å²) in [5.74, 6) is -0.530. The maximum Gasteiger partial charge on any atom is 0.540 e. The van der Waals surface area contributed by atoms with E-state index in [9.17, 15) is 17.8 Å². The Kier molecular flexibility index (Phi) is 8.36. The van der Waals surface area contributed by atoms with Gasteiger partial charge in [0.2, 0.25) is 6.54 Å². The minimum atomic E-state index is -4.23. The van der Waals surface area contributed by atoms with Crippen molar-refractivity contribution in [1.29, 1.82) is 0 Å². The quantitative estimate of drug-likeness (QED) is 0.184. The Morgan fingerprint density at radius 1 is 1.35 bits per heavy atom. The molecule has 116 valence electrons. The third-order valence-corrected chi connectivity index (χ3v) is 3.63. The Bertz CT molecular complexity index is 420. The first-order valence-corrected chi connectivity index (χ1v) is 8.04. The number of esters is 1. The normalized spacial score (nSPS) is 11.9. The van der Waals surface area contributed by atoms with E-state index >= 15 is 0 Å². The van der Waals surface area contributed by atoms with E-state index < -0.39 is 15.9 Å². The lowest BCUT2D eigenvalue weighted by Crippen LogP contribution is -2.52. The molecule has 0 fully saturated rings. The molecule has 0 aromatic carbocycles. The molecule has 0 bridgehead atoms. The molecule has 20 heavy (non-hydrogen) atoms. The second kappa shape index (κ2) is 8.89. The summed E-state index contributed by atoms with van der Waals surface area (Å²) in [6.07, 6.45) is 3.59. The highest BCUT2D eigenvalue weighted by Gasteiger charge is 2.32. The van der Waals surface area contributed by atoms with Gasteiger partial charge in [0.05, 0.1) is 29.8 Å². The molecular formula is C13H24NO5S+. The van der Waals surface area contributed by atoms with E-state index in [1.165, 1.54) is 0 Å². The van der Waals surface area contributed by atoms with Gasteiger partial charge in [0.25, 0.3) is 0 Å². The third-order valence-electron chi connectivity index (χ3n) is 2.84. The molecule has 0 radical (unpaired) electrons. The lowest BCUT2D eigenvalue weighted by atomic mass is 10.2. The van der Waals surface area contributed by atoms with Gasteiger partial charge in [-0.05, 0) is 19.1 Å². The zero-order chi connectivity index (χ0) is 15.6. The SMILES string of the molecule is C=CC[N+](CC=C)(CCCS(=O)(=O)[O-])CC(=[OH+])OCC. The van der Waals surface area contributed by atoms with Crippen LogP contribution in [0.5, 0.6) is 0 Å². The van der Waals surface area contributed by atoms with E-state index in [2.05, 4.69) is 13.2 Å². The van der Waals surface area contributed by atoms with Crippen LogP contribution in [-0.4, -0.2) is 66.8 Å². The van der Waals surface area contributed by atoms with E-state index in [4.69, 9.17) is 4.74 Å². The van der Waals surface area contributed by atoms with Gasteiger partial charge in [-0.25, -0.2) is 8.42 Å². The van der Waals surface area contributed by atoms with Crippen molar-refractivity contribution in [3.05, 3.63) is 25.3 Å². The number of hydrogen-bond donors (Lipinski definition) is 0. The Balaban J connectivity index is 4.85. The van der Waals surface area contributed by atoms with Gasteiger partial charge in [-0.1, -0.05) is 13.2 Å². The van der Waals surface area contributed by atoms with Crippen LogP contribution >= 0.6 is 0 Å². The van der Waals surface area contributed by atoms with Crippen LogP contribution < -0.4 is 0 Å². The first-order chi connectivity index (χ1) is 9.28. The summed E-state index contributed by atoms with van der Waals surface area (Å²) in [7, 11) is -4.23. The fraction of sp³-hybridized carbons (Fsp3) is 0.615.